The van der Waals surface area contributed by atoms with Gasteiger partial charge in [-0.05, 0) is 45.4 Å². The van der Waals surface area contributed by atoms with Gasteiger partial charge in [0.05, 0.1) is 31.0 Å². The highest BCUT2D eigenvalue weighted by Gasteiger charge is 2.19. The summed E-state index contributed by atoms with van der Waals surface area (Å²) >= 11 is 0. The Morgan fingerprint density at radius 2 is 1.90 bits per heavy atom. The molecule has 1 amide bonds. The number of fused-ring (bicyclic) bond motifs is 1. The van der Waals surface area contributed by atoms with Gasteiger partial charge in [0.1, 0.15) is 11.3 Å². The first-order chi connectivity index (χ1) is 14.0. The van der Waals surface area contributed by atoms with Gasteiger partial charge in [-0.25, -0.2) is 4.79 Å². The minimum absolute atomic E-state index is 0.0369. The van der Waals surface area contributed by atoms with Crippen LogP contribution in [0.3, 0.4) is 0 Å². The number of amides is 1. The van der Waals surface area contributed by atoms with E-state index in [1.165, 1.54) is 6.20 Å². The van der Waals surface area contributed by atoms with E-state index in [1.54, 1.807) is 11.8 Å². The van der Waals surface area contributed by atoms with Gasteiger partial charge in [-0.2, -0.15) is 0 Å². The summed E-state index contributed by atoms with van der Waals surface area (Å²) in [5, 5.41) is 3.87. The van der Waals surface area contributed by atoms with Crippen molar-refractivity contribution in [3.05, 3.63) is 30.0 Å². The van der Waals surface area contributed by atoms with Crippen LogP contribution >= 0.6 is 0 Å². The molecule has 29 heavy (non-hydrogen) atoms. The third-order valence-electron chi connectivity index (χ3n) is 4.63. The number of nitrogens with zero attached hydrogens (tertiary/aromatic N) is 2. The number of rotatable bonds is 11. The first-order valence-corrected chi connectivity index (χ1v) is 10.3. The lowest BCUT2D eigenvalue weighted by Gasteiger charge is -2.20. The Labute approximate surface area is 172 Å². The van der Waals surface area contributed by atoms with E-state index < -0.39 is 5.97 Å². The maximum absolute atomic E-state index is 12.5. The van der Waals surface area contributed by atoms with Crippen LogP contribution in [0.15, 0.2) is 24.4 Å². The molecule has 0 fully saturated rings. The smallest absolute Gasteiger partial charge is 0.341 e. The molecular weight excluding hydrogens is 370 g/mol. The summed E-state index contributed by atoms with van der Waals surface area (Å²) in [6.07, 6.45) is 3.49. The Bertz CT molecular complexity index is 834. The molecule has 0 aliphatic heterocycles. The molecule has 1 aromatic heterocycles. The summed E-state index contributed by atoms with van der Waals surface area (Å²) in [7, 11) is 0. The van der Waals surface area contributed by atoms with E-state index in [0.29, 0.717) is 42.2 Å². The first-order valence-electron chi connectivity index (χ1n) is 10.3. The number of nitrogens with one attached hydrogen (secondary N) is 1. The Morgan fingerprint density at radius 3 is 2.55 bits per heavy atom. The SMILES string of the molecule is CCCCOc1ccc2ncc(C(=O)OCC)c(NCC(=O)N(CC)CC)c2c1. The number of pyridine rings is 1. The van der Waals surface area contributed by atoms with Crippen molar-refractivity contribution >= 4 is 28.5 Å². The highest BCUT2D eigenvalue weighted by Crippen LogP contribution is 2.30. The number of likely N-dealkylation sites (N-methyl/N-ethyl adjacent to an activating group) is 1. The van der Waals surface area contributed by atoms with Crippen LogP contribution in [-0.4, -0.2) is 54.6 Å². The second-order valence-electron chi connectivity index (χ2n) is 6.57. The van der Waals surface area contributed by atoms with Gasteiger partial charge in [0, 0.05) is 24.7 Å². The van der Waals surface area contributed by atoms with Gasteiger partial charge in [0.2, 0.25) is 5.91 Å². The zero-order valence-electron chi connectivity index (χ0n) is 17.8. The number of unbranched alkanes of at least 4 members (excludes halogenated alkanes) is 1. The summed E-state index contributed by atoms with van der Waals surface area (Å²) in [5.74, 6) is 0.189. The molecular formula is C22H31N3O4. The quantitative estimate of drug-likeness (QED) is 0.455. The normalized spacial score (nSPS) is 10.6. The van der Waals surface area contributed by atoms with Crippen molar-refractivity contribution in [1.29, 1.82) is 0 Å². The monoisotopic (exact) mass is 401 g/mol. The van der Waals surface area contributed by atoms with E-state index >= 15 is 0 Å². The largest absolute Gasteiger partial charge is 0.494 e. The predicted molar refractivity (Wildman–Crippen MR) is 115 cm³/mol. The van der Waals surface area contributed by atoms with Gasteiger partial charge >= 0.3 is 5.97 Å². The Balaban J connectivity index is 2.41. The van der Waals surface area contributed by atoms with Gasteiger partial charge in [-0.15, -0.1) is 0 Å². The molecule has 1 aromatic carbocycles. The van der Waals surface area contributed by atoms with Gasteiger partial charge in [0.25, 0.3) is 0 Å². The lowest BCUT2D eigenvalue weighted by molar-refractivity contribution is -0.128. The van der Waals surface area contributed by atoms with E-state index in [1.807, 2.05) is 32.0 Å². The molecule has 0 aliphatic rings. The Morgan fingerprint density at radius 1 is 1.14 bits per heavy atom. The zero-order chi connectivity index (χ0) is 21.2. The van der Waals surface area contributed by atoms with Crippen molar-refractivity contribution in [3.63, 3.8) is 0 Å². The van der Waals surface area contributed by atoms with Gasteiger partial charge < -0.3 is 19.7 Å². The summed E-state index contributed by atoms with van der Waals surface area (Å²) in [5.41, 5.74) is 1.55. The maximum atomic E-state index is 12.5. The molecule has 0 spiro atoms. The predicted octanol–water partition coefficient (Wildman–Crippen LogP) is 3.87. The summed E-state index contributed by atoms with van der Waals surface area (Å²) in [6.45, 7) is 9.96. The maximum Gasteiger partial charge on any atom is 0.341 e. The van der Waals surface area contributed by atoms with Crippen molar-refractivity contribution < 1.29 is 19.1 Å². The molecule has 2 rings (SSSR count). The highest BCUT2D eigenvalue weighted by molar-refractivity contribution is 6.05. The molecule has 0 aliphatic carbocycles. The minimum Gasteiger partial charge on any atom is -0.494 e. The summed E-state index contributed by atoms with van der Waals surface area (Å²) < 4.78 is 11.0. The van der Waals surface area contributed by atoms with Gasteiger partial charge in [-0.3, -0.25) is 9.78 Å². The minimum atomic E-state index is -0.475. The molecule has 0 atom stereocenters. The van der Waals surface area contributed by atoms with Crippen LogP contribution in [0.5, 0.6) is 5.75 Å². The molecule has 0 saturated heterocycles. The molecule has 1 heterocycles. The second-order valence-corrected chi connectivity index (χ2v) is 6.57. The van der Waals surface area contributed by atoms with Crippen LogP contribution in [-0.2, 0) is 9.53 Å². The fourth-order valence-corrected chi connectivity index (χ4v) is 3.00. The van der Waals surface area contributed by atoms with Crippen molar-refractivity contribution in [2.24, 2.45) is 0 Å². The van der Waals surface area contributed by atoms with Crippen LogP contribution in [0, 0.1) is 0 Å². The molecule has 0 unspecified atom stereocenters. The van der Waals surface area contributed by atoms with E-state index in [4.69, 9.17) is 9.47 Å². The van der Waals surface area contributed by atoms with E-state index in [0.717, 1.165) is 18.2 Å². The molecule has 0 radical (unpaired) electrons. The van der Waals surface area contributed by atoms with Crippen molar-refractivity contribution in [2.45, 2.75) is 40.5 Å². The van der Waals surface area contributed by atoms with Crippen LogP contribution in [0.2, 0.25) is 0 Å². The lowest BCUT2D eigenvalue weighted by atomic mass is 10.1. The number of benzene rings is 1. The molecule has 2 aromatic rings. The van der Waals surface area contributed by atoms with Crippen molar-refractivity contribution in [2.75, 3.05) is 38.2 Å². The number of ether oxygens (including phenoxy) is 2. The lowest BCUT2D eigenvalue weighted by Crippen LogP contribution is -2.35. The number of hydrogen-bond donors (Lipinski definition) is 1. The highest BCUT2D eigenvalue weighted by atomic mass is 16.5. The summed E-state index contributed by atoms with van der Waals surface area (Å²) in [4.78, 5) is 31.1. The third kappa shape index (κ3) is 5.82. The van der Waals surface area contributed by atoms with E-state index in [9.17, 15) is 9.59 Å². The number of esters is 1. The van der Waals surface area contributed by atoms with Crippen molar-refractivity contribution in [3.8, 4) is 5.75 Å². The average molecular weight is 402 g/mol. The number of aromatic nitrogens is 1. The molecule has 0 saturated carbocycles. The summed E-state index contributed by atoms with van der Waals surface area (Å²) in [6, 6.07) is 5.56. The molecule has 158 valence electrons. The Kier molecular flexibility index (Phi) is 8.70. The Hall–Kier alpha value is -2.83. The van der Waals surface area contributed by atoms with Crippen LogP contribution in [0.4, 0.5) is 5.69 Å². The second kappa shape index (κ2) is 11.2. The molecule has 0 bridgehead atoms. The van der Waals surface area contributed by atoms with E-state index in [-0.39, 0.29) is 19.1 Å². The zero-order valence-corrected chi connectivity index (χ0v) is 17.8. The standard InChI is InChI=1S/C22H31N3O4/c1-5-9-12-29-16-10-11-19-17(13-16)21(18(14-23-19)22(27)28-8-4)24-15-20(26)25(6-2)7-3/h10-11,13-14H,5-9,12,15H2,1-4H3,(H,23,24). The number of anilines is 1. The van der Waals surface area contributed by atoms with Crippen molar-refractivity contribution in [1.82, 2.24) is 9.88 Å². The fraction of sp³-hybridized carbons (Fsp3) is 0.500. The first kappa shape index (κ1) is 22.5. The van der Waals surface area contributed by atoms with Crippen LogP contribution < -0.4 is 10.1 Å². The molecule has 1 N–H and O–H groups in total. The van der Waals surface area contributed by atoms with Crippen LogP contribution in [0.25, 0.3) is 10.9 Å². The number of hydrogen-bond acceptors (Lipinski definition) is 6. The van der Waals surface area contributed by atoms with Gasteiger partial charge in [-0.1, -0.05) is 13.3 Å². The number of carbonyl (C=O) groups is 2. The topological polar surface area (TPSA) is 80.8 Å². The third-order valence-corrected chi connectivity index (χ3v) is 4.63. The number of carbonyl (C=O) groups excluding carboxylic acids is 2. The van der Waals surface area contributed by atoms with Crippen LogP contribution in [0.1, 0.15) is 50.9 Å². The molecule has 7 nitrogen and oxygen atoms in total. The fourth-order valence-electron chi connectivity index (χ4n) is 3.00. The average Bonchev–Trinajstić information content (AvgIpc) is 2.73. The van der Waals surface area contributed by atoms with Gasteiger partial charge in [0.15, 0.2) is 0 Å². The molecule has 7 heteroatoms. The van der Waals surface area contributed by atoms with E-state index in [2.05, 4.69) is 17.2 Å².